The lowest BCUT2D eigenvalue weighted by atomic mass is 9.83. The predicted molar refractivity (Wildman–Crippen MR) is 107 cm³/mol. The molecule has 0 spiro atoms. The first-order valence-electron chi connectivity index (χ1n) is 8.62. The number of rotatable bonds is 4. The zero-order valence-electron chi connectivity index (χ0n) is 16.7. The van der Waals surface area contributed by atoms with Crippen LogP contribution in [0.25, 0.3) is 0 Å². The summed E-state index contributed by atoms with van der Waals surface area (Å²) >= 11 is 6.37. The van der Waals surface area contributed by atoms with Crippen molar-refractivity contribution in [1.82, 2.24) is 4.57 Å². The maximum absolute atomic E-state index is 13.1. The number of carbonyl (C=O) groups excluding carboxylic acids is 1. The molecule has 8 nitrogen and oxygen atoms in total. The molecule has 1 aromatic carbocycles. The molecule has 1 unspecified atom stereocenters. The summed E-state index contributed by atoms with van der Waals surface area (Å²) in [6.07, 6.45) is 0. The minimum Gasteiger partial charge on any atom is -0.493 e. The number of nitrogens with two attached hydrogens (primary N) is 1. The largest absolute Gasteiger partial charge is 0.493 e. The Hall–Kier alpha value is -3.13. The smallest absolute Gasteiger partial charge is 0.340 e. The van der Waals surface area contributed by atoms with Gasteiger partial charge in [0.05, 0.1) is 37.8 Å². The molecular formula is C20H21ClN2O6. The van der Waals surface area contributed by atoms with Gasteiger partial charge in [-0.2, -0.15) is 0 Å². The van der Waals surface area contributed by atoms with E-state index in [9.17, 15) is 9.59 Å². The molecule has 0 saturated heterocycles. The molecule has 1 aliphatic rings. The lowest BCUT2D eigenvalue weighted by Crippen LogP contribution is -2.34. The van der Waals surface area contributed by atoms with Gasteiger partial charge in [-0.05, 0) is 24.6 Å². The standard InChI is InChI=1S/C20H21ClN2O6/c1-9-6-12-15(19(24)23(9)2)14(16(18(22)29-12)20(25)28-5)10-7-11(21)17(27-4)13(8-10)26-3/h6-8,14H,22H2,1-5H3. The first-order valence-corrected chi connectivity index (χ1v) is 9.00. The van der Waals surface area contributed by atoms with E-state index in [2.05, 4.69) is 0 Å². The summed E-state index contributed by atoms with van der Waals surface area (Å²) < 4.78 is 22.6. The quantitative estimate of drug-likeness (QED) is 0.756. The van der Waals surface area contributed by atoms with E-state index in [1.54, 1.807) is 32.2 Å². The molecule has 0 bridgehead atoms. The number of benzene rings is 1. The van der Waals surface area contributed by atoms with Crippen LogP contribution in [-0.4, -0.2) is 31.9 Å². The highest BCUT2D eigenvalue weighted by Gasteiger charge is 2.38. The van der Waals surface area contributed by atoms with Gasteiger partial charge in [0.15, 0.2) is 11.5 Å². The summed E-state index contributed by atoms with van der Waals surface area (Å²) in [6.45, 7) is 1.77. The second kappa shape index (κ2) is 7.71. The van der Waals surface area contributed by atoms with Crippen LogP contribution in [0.5, 0.6) is 17.2 Å². The van der Waals surface area contributed by atoms with Gasteiger partial charge >= 0.3 is 5.97 Å². The predicted octanol–water partition coefficient (Wildman–Crippen LogP) is 2.23. The average molecular weight is 421 g/mol. The summed E-state index contributed by atoms with van der Waals surface area (Å²) in [5.74, 6) is -0.789. The molecule has 9 heteroatoms. The summed E-state index contributed by atoms with van der Waals surface area (Å²) in [5.41, 5.74) is 7.16. The number of methoxy groups -OCH3 is 3. The minimum absolute atomic E-state index is 0.00393. The van der Waals surface area contributed by atoms with Crippen molar-refractivity contribution in [3.8, 4) is 17.2 Å². The Morgan fingerprint density at radius 1 is 1.21 bits per heavy atom. The molecule has 3 rings (SSSR count). The normalized spacial score (nSPS) is 15.4. The van der Waals surface area contributed by atoms with E-state index < -0.39 is 11.9 Å². The first kappa shape index (κ1) is 20.6. The molecule has 0 radical (unpaired) electrons. The van der Waals surface area contributed by atoms with Crippen LogP contribution in [-0.2, 0) is 16.6 Å². The van der Waals surface area contributed by atoms with Gasteiger partial charge in [0.2, 0.25) is 5.88 Å². The summed E-state index contributed by atoms with van der Waals surface area (Å²) in [6, 6.07) is 4.92. The van der Waals surface area contributed by atoms with Crippen molar-refractivity contribution >= 4 is 17.6 Å². The Kier molecular flexibility index (Phi) is 5.48. The number of nitrogens with zero attached hydrogens (tertiary/aromatic N) is 1. The number of hydrogen-bond acceptors (Lipinski definition) is 7. The van der Waals surface area contributed by atoms with Crippen molar-refractivity contribution in [2.24, 2.45) is 12.8 Å². The SMILES string of the molecule is COC(=O)C1=C(N)Oc2cc(C)n(C)c(=O)c2C1c1cc(Cl)c(OC)c(OC)c1. The van der Waals surface area contributed by atoms with E-state index >= 15 is 0 Å². The third-order valence-electron chi connectivity index (χ3n) is 4.93. The molecule has 1 aliphatic heterocycles. The molecule has 29 heavy (non-hydrogen) atoms. The van der Waals surface area contributed by atoms with Crippen molar-refractivity contribution in [3.05, 3.63) is 61.9 Å². The number of pyridine rings is 1. The van der Waals surface area contributed by atoms with Crippen LogP contribution in [0.3, 0.4) is 0 Å². The van der Waals surface area contributed by atoms with Crippen LogP contribution < -0.4 is 25.5 Å². The number of hydrogen-bond donors (Lipinski definition) is 1. The van der Waals surface area contributed by atoms with Gasteiger partial charge in [-0.15, -0.1) is 0 Å². The number of fused-ring (bicyclic) bond motifs is 1. The Labute approximate surface area is 172 Å². The van der Waals surface area contributed by atoms with Crippen molar-refractivity contribution in [2.75, 3.05) is 21.3 Å². The van der Waals surface area contributed by atoms with Gasteiger partial charge in [0, 0.05) is 18.8 Å². The van der Waals surface area contributed by atoms with E-state index in [0.29, 0.717) is 22.8 Å². The second-order valence-corrected chi connectivity index (χ2v) is 6.88. The van der Waals surface area contributed by atoms with Crippen molar-refractivity contribution < 1.29 is 23.7 Å². The topological polar surface area (TPSA) is 102 Å². The van der Waals surface area contributed by atoms with Crippen LogP contribution in [0.4, 0.5) is 0 Å². The molecule has 0 aliphatic carbocycles. The van der Waals surface area contributed by atoms with Crippen molar-refractivity contribution in [2.45, 2.75) is 12.8 Å². The molecule has 1 atom stereocenters. The third kappa shape index (κ3) is 3.29. The maximum Gasteiger partial charge on any atom is 0.340 e. The monoisotopic (exact) mass is 420 g/mol. The fraction of sp³-hybridized carbons (Fsp3) is 0.300. The maximum atomic E-state index is 13.1. The second-order valence-electron chi connectivity index (χ2n) is 6.47. The van der Waals surface area contributed by atoms with Gasteiger partial charge in [0.1, 0.15) is 11.3 Å². The van der Waals surface area contributed by atoms with E-state index in [-0.39, 0.29) is 33.4 Å². The first-order chi connectivity index (χ1) is 13.7. The summed E-state index contributed by atoms with van der Waals surface area (Å²) in [7, 11) is 5.78. The molecular weight excluding hydrogens is 400 g/mol. The molecule has 2 N–H and O–H groups in total. The Morgan fingerprint density at radius 3 is 2.48 bits per heavy atom. The number of esters is 1. The van der Waals surface area contributed by atoms with E-state index in [0.717, 1.165) is 0 Å². The summed E-state index contributed by atoms with van der Waals surface area (Å²) in [5, 5.41) is 0.251. The minimum atomic E-state index is -0.872. The number of halogens is 1. The molecule has 0 fully saturated rings. The zero-order valence-corrected chi connectivity index (χ0v) is 17.4. The van der Waals surface area contributed by atoms with Gasteiger partial charge in [-0.1, -0.05) is 11.6 Å². The number of carbonyl (C=O) groups is 1. The van der Waals surface area contributed by atoms with Crippen LogP contribution in [0, 0.1) is 6.92 Å². The van der Waals surface area contributed by atoms with E-state index in [1.165, 1.54) is 25.9 Å². The number of ether oxygens (including phenoxy) is 4. The van der Waals surface area contributed by atoms with E-state index in [4.69, 9.17) is 36.3 Å². The van der Waals surface area contributed by atoms with Crippen LogP contribution in [0.2, 0.25) is 5.02 Å². The summed E-state index contributed by atoms with van der Waals surface area (Å²) in [4.78, 5) is 25.7. The van der Waals surface area contributed by atoms with Gasteiger partial charge in [0.25, 0.3) is 5.56 Å². The average Bonchev–Trinajstić information content (AvgIpc) is 2.69. The fourth-order valence-electron chi connectivity index (χ4n) is 3.39. The molecule has 0 amide bonds. The van der Waals surface area contributed by atoms with Gasteiger partial charge in [-0.3, -0.25) is 4.79 Å². The van der Waals surface area contributed by atoms with Crippen molar-refractivity contribution in [3.63, 3.8) is 0 Å². The fourth-order valence-corrected chi connectivity index (χ4v) is 3.68. The lowest BCUT2D eigenvalue weighted by Gasteiger charge is -2.29. The molecule has 2 heterocycles. The Bertz CT molecular complexity index is 1090. The van der Waals surface area contributed by atoms with Gasteiger partial charge in [-0.25, -0.2) is 4.79 Å². The number of aryl methyl sites for hydroxylation is 1. The highest BCUT2D eigenvalue weighted by atomic mass is 35.5. The molecule has 1 aromatic heterocycles. The van der Waals surface area contributed by atoms with Crippen LogP contribution in [0.1, 0.15) is 22.7 Å². The highest BCUT2D eigenvalue weighted by Crippen LogP contribution is 2.45. The Balaban J connectivity index is 2.38. The van der Waals surface area contributed by atoms with E-state index in [1.807, 2.05) is 0 Å². The number of aromatic nitrogens is 1. The molecule has 0 saturated carbocycles. The lowest BCUT2D eigenvalue weighted by molar-refractivity contribution is -0.136. The molecule has 154 valence electrons. The third-order valence-corrected chi connectivity index (χ3v) is 5.21. The van der Waals surface area contributed by atoms with Crippen molar-refractivity contribution in [1.29, 1.82) is 0 Å². The zero-order chi connectivity index (χ0) is 21.5. The highest BCUT2D eigenvalue weighted by molar-refractivity contribution is 6.32. The van der Waals surface area contributed by atoms with Crippen LogP contribution in [0.15, 0.2) is 34.4 Å². The van der Waals surface area contributed by atoms with Gasteiger partial charge < -0.3 is 29.2 Å². The van der Waals surface area contributed by atoms with Crippen LogP contribution >= 0.6 is 11.6 Å². The molecule has 2 aromatic rings. The Morgan fingerprint density at radius 2 is 1.90 bits per heavy atom.